The molecule has 0 aromatic carbocycles. The highest BCUT2D eigenvalue weighted by molar-refractivity contribution is 5.71. The smallest absolute Gasteiger partial charge is 0.306 e. The molecule has 83 heavy (non-hydrogen) atoms. The van der Waals surface area contributed by atoms with Crippen LogP contribution in [-0.4, -0.2) is 37.2 Å². The summed E-state index contributed by atoms with van der Waals surface area (Å²) in [6.45, 7) is 6.32. The number of hydrogen-bond acceptors (Lipinski definition) is 6. The van der Waals surface area contributed by atoms with Crippen molar-refractivity contribution in [2.24, 2.45) is 0 Å². The summed E-state index contributed by atoms with van der Waals surface area (Å²) in [7, 11) is 0. The quantitative estimate of drug-likeness (QED) is 0.0261. The van der Waals surface area contributed by atoms with Gasteiger partial charge < -0.3 is 14.2 Å². The first-order valence-electron chi connectivity index (χ1n) is 34.0. The van der Waals surface area contributed by atoms with Crippen LogP contribution in [0.25, 0.3) is 0 Å². The highest BCUT2D eigenvalue weighted by Crippen LogP contribution is 2.16. The molecule has 6 nitrogen and oxygen atoms in total. The molecule has 0 fully saturated rings. The first-order valence-corrected chi connectivity index (χ1v) is 34.0. The van der Waals surface area contributed by atoms with Crippen molar-refractivity contribution in [1.82, 2.24) is 0 Å². The molecule has 0 saturated heterocycles. The van der Waals surface area contributed by atoms with Gasteiger partial charge in [-0.05, 0) is 141 Å². The van der Waals surface area contributed by atoms with E-state index in [2.05, 4.69) is 179 Å². The average Bonchev–Trinajstić information content (AvgIpc) is 3.49. The van der Waals surface area contributed by atoms with E-state index in [1.54, 1.807) is 0 Å². The number of allylic oxidation sites excluding steroid dienone is 26. The van der Waals surface area contributed by atoms with Gasteiger partial charge in [-0.3, -0.25) is 14.4 Å². The third-order valence-electron chi connectivity index (χ3n) is 14.0. The molecule has 0 saturated carbocycles. The van der Waals surface area contributed by atoms with Crippen LogP contribution in [0, 0.1) is 0 Å². The number of ether oxygens (including phenoxy) is 3. The first kappa shape index (κ1) is 78.0. The minimum atomic E-state index is -0.804. The Kier molecular flexibility index (Phi) is 65.4. The van der Waals surface area contributed by atoms with E-state index in [-0.39, 0.29) is 31.1 Å². The molecule has 1 unspecified atom stereocenters. The van der Waals surface area contributed by atoms with Crippen LogP contribution in [0.4, 0.5) is 0 Å². The summed E-state index contributed by atoms with van der Waals surface area (Å²) in [5.74, 6) is -0.936. The van der Waals surface area contributed by atoms with E-state index in [9.17, 15) is 14.4 Å². The van der Waals surface area contributed by atoms with Gasteiger partial charge in [-0.15, -0.1) is 0 Å². The van der Waals surface area contributed by atoms with Crippen molar-refractivity contribution in [3.8, 4) is 0 Å². The van der Waals surface area contributed by atoms with Gasteiger partial charge >= 0.3 is 17.9 Å². The van der Waals surface area contributed by atoms with Gasteiger partial charge in [0.1, 0.15) is 13.2 Å². The predicted octanol–water partition coefficient (Wildman–Crippen LogP) is 23.7. The highest BCUT2D eigenvalue weighted by atomic mass is 16.6. The molecule has 0 radical (unpaired) electrons. The van der Waals surface area contributed by atoms with E-state index in [0.29, 0.717) is 19.3 Å². The van der Waals surface area contributed by atoms with Crippen molar-refractivity contribution in [2.45, 2.75) is 297 Å². The maximum Gasteiger partial charge on any atom is 0.306 e. The van der Waals surface area contributed by atoms with Crippen LogP contribution in [0.1, 0.15) is 290 Å². The van der Waals surface area contributed by atoms with Crippen LogP contribution in [-0.2, 0) is 28.6 Å². The van der Waals surface area contributed by atoms with Gasteiger partial charge in [0.15, 0.2) is 6.10 Å². The third kappa shape index (κ3) is 67.7. The standard InChI is InChI=1S/C77H124O6/c1-4-7-10-13-16-19-22-25-27-29-30-31-32-33-34-35-36-37-38-39-40-41-42-43-44-45-46-48-49-52-55-58-61-64-67-70-76(79)82-73-74(72-81-75(78)69-66-63-60-57-54-51-24-21-18-15-12-9-6-3)83-77(80)71-68-65-62-59-56-53-50-47-28-26-23-20-17-14-11-8-5-2/h7-8,10-12,15-17,19-21,24-28,30-31,33-34,36-37,39-40,50,53,74H,4-6,9,13-14,18,22-23,29,32,35,38,41-49,51-52,54-73H2,1-3H3/b10-7-,11-8-,15-12-,19-16-,20-17-,24-21-,27-25-,28-26-,31-30-,34-33-,37-36-,40-39-,53-50-. The Balaban J connectivity index is 4.25. The van der Waals surface area contributed by atoms with Crippen LogP contribution in [0.15, 0.2) is 158 Å². The van der Waals surface area contributed by atoms with Crippen LogP contribution < -0.4 is 0 Å². The fourth-order valence-corrected chi connectivity index (χ4v) is 8.98. The molecule has 0 aliphatic rings. The average molecular weight is 1150 g/mol. The molecule has 0 amide bonds. The maximum absolute atomic E-state index is 12.9. The van der Waals surface area contributed by atoms with Crippen molar-refractivity contribution in [3.63, 3.8) is 0 Å². The fraction of sp³-hybridized carbons (Fsp3) is 0.623. The molecule has 6 heteroatoms. The largest absolute Gasteiger partial charge is 0.462 e. The number of hydrogen-bond donors (Lipinski definition) is 0. The Hall–Kier alpha value is -4.97. The van der Waals surface area contributed by atoms with Gasteiger partial charge in [-0.1, -0.05) is 288 Å². The lowest BCUT2D eigenvalue weighted by Crippen LogP contribution is -2.30. The van der Waals surface area contributed by atoms with Gasteiger partial charge in [0, 0.05) is 19.3 Å². The van der Waals surface area contributed by atoms with E-state index in [1.807, 2.05) is 0 Å². The van der Waals surface area contributed by atoms with Crippen LogP contribution in [0.5, 0.6) is 0 Å². The minimum Gasteiger partial charge on any atom is -0.462 e. The summed E-state index contributed by atoms with van der Waals surface area (Å²) in [5.41, 5.74) is 0. The topological polar surface area (TPSA) is 78.9 Å². The zero-order chi connectivity index (χ0) is 59.9. The second kappa shape index (κ2) is 69.5. The number of esters is 3. The molecule has 0 spiro atoms. The molecular weight excluding hydrogens is 1020 g/mol. The highest BCUT2D eigenvalue weighted by Gasteiger charge is 2.19. The van der Waals surface area contributed by atoms with Crippen molar-refractivity contribution < 1.29 is 28.6 Å². The van der Waals surface area contributed by atoms with Crippen LogP contribution in [0.3, 0.4) is 0 Å². The molecular formula is C77H124O6. The fourth-order valence-electron chi connectivity index (χ4n) is 8.98. The number of unbranched alkanes of at least 4 members (excludes halogenated alkanes) is 23. The molecule has 0 heterocycles. The predicted molar refractivity (Wildman–Crippen MR) is 362 cm³/mol. The minimum absolute atomic E-state index is 0.0974. The molecule has 0 aliphatic heterocycles. The SMILES string of the molecule is CC/C=C\C/C=C\C/C=C\C/C=C\C/C=C\C/C=C\C/C=C\CCCCCCCCCCCCCCCC(=O)OCC(COC(=O)CCCCCCC/C=C\C/C=C\CCC)OC(=O)CCCCCC/C=C\C/C=C\C/C=C\C/C=C\CC. The van der Waals surface area contributed by atoms with Crippen LogP contribution >= 0.6 is 0 Å². The summed E-state index contributed by atoms with van der Waals surface area (Å²) in [6.07, 6.45) is 101. The Morgan fingerprint density at radius 2 is 0.470 bits per heavy atom. The summed E-state index contributed by atoms with van der Waals surface area (Å²) < 4.78 is 16.9. The molecule has 468 valence electrons. The third-order valence-corrected chi connectivity index (χ3v) is 14.0. The Bertz CT molecular complexity index is 1840. The Morgan fingerprint density at radius 3 is 0.735 bits per heavy atom. The lowest BCUT2D eigenvalue weighted by molar-refractivity contribution is -0.167. The van der Waals surface area contributed by atoms with E-state index in [4.69, 9.17) is 14.2 Å². The van der Waals surface area contributed by atoms with E-state index in [0.717, 1.165) is 173 Å². The van der Waals surface area contributed by atoms with Crippen molar-refractivity contribution in [2.75, 3.05) is 13.2 Å². The van der Waals surface area contributed by atoms with Crippen molar-refractivity contribution in [1.29, 1.82) is 0 Å². The second-order valence-electron chi connectivity index (χ2n) is 22.0. The zero-order valence-corrected chi connectivity index (χ0v) is 53.7. The van der Waals surface area contributed by atoms with Crippen LogP contribution in [0.2, 0.25) is 0 Å². The van der Waals surface area contributed by atoms with E-state index < -0.39 is 6.10 Å². The Morgan fingerprint density at radius 1 is 0.253 bits per heavy atom. The van der Waals surface area contributed by atoms with Gasteiger partial charge in [0.05, 0.1) is 0 Å². The van der Waals surface area contributed by atoms with Gasteiger partial charge in [0.2, 0.25) is 0 Å². The normalized spacial score (nSPS) is 13.1. The Labute approximate surface area is 511 Å². The van der Waals surface area contributed by atoms with Crippen molar-refractivity contribution in [3.05, 3.63) is 158 Å². The molecule has 0 N–H and O–H groups in total. The lowest BCUT2D eigenvalue weighted by Gasteiger charge is -2.18. The summed E-state index contributed by atoms with van der Waals surface area (Å²) in [4.78, 5) is 38.3. The molecule has 0 aromatic heterocycles. The second-order valence-corrected chi connectivity index (χ2v) is 22.0. The first-order chi connectivity index (χ1) is 41.0. The molecule has 0 bridgehead atoms. The molecule has 0 rings (SSSR count). The summed E-state index contributed by atoms with van der Waals surface area (Å²) in [5, 5.41) is 0. The molecule has 0 aliphatic carbocycles. The maximum atomic E-state index is 12.9. The van der Waals surface area contributed by atoms with Gasteiger partial charge in [0.25, 0.3) is 0 Å². The van der Waals surface area contributed by atoms with Gasteiger partial charge in [-0.25, -0.2) is 0 Å². The summed E-state index contributed by atoms with van der Waals surface area (Å²) in [6, 6.07) is 0. The molecule has 0 aromatic rings. The number of rotatable bonds is 60. The number of carbonyl (C=O) groups excluding carboxylic acids is 3. The van der Waals surface area contributed by atoms with Gasteiger partial charge in [-0.2, -0.15) is 0 Å². The van der Waals surface area contributed by atoms with E-state index in [1.165, 1.54) is 77.0 Å². The monoisotopic (exact) mass is 1140 g/mol. The van der Waals surface area contributed by atoms with Crippen molar-refractivity contribution >= 4 is 17.9 Å². The zero-order valence-electron chi connectivity index (χ0n) is 53.7. The lowest BCUT2D eigenvalue weighted by atomic mass is 10.0. The number of carbonyl (C=O) groups is 3. The molecule has 1 atom stereocenters. The summed E-state index contributed by atoms with van der Waals surface area (Å²) >= 11 is 0. The van der Waals surface area contributed by atoms with E-state index >= 15 is 0 Å².